The Morgan fingerprint density at radius 2 is 2.18 bits per heavy atom. The summed E-state index contributed by atoms with van der Waals surface area (Å²) in [5.74, 6) is 0.204. The molecule has 0 fully saturated rings. The molecular weight excluding hydrogens is 140 g/mol. The highest BCUT2D eigenvalue weighted by molar-refractivity contribution is 5.91. The van der Waals surface area contributed by atoms with Crippen molar-refractivity contribution in [3.8, 4) is 0 Å². The fraction of sp³-hybridized carbons (Fsp3) is 0.250. The molecule has 1 heterocycles. The highest BCUT2D eigenvalue weighted by atomic mass is 16.5. The Balaban J connectivity index is 2.69. The van der Waals surface area contributed by atoms with Gasteiger partial charge in [0.25, 0.3) is 0 Å². The normalized spacial score (nSPS) is 9.18. The Morgan fingerprint density at radius 3 is 2.73 bits per heavy atom. The number of nitrogens with zero attached hydrogens (tertiary/aromatic N) is 1. The molecule has 11 heavy (non-hydrogen) atoms. The molecule has 1 aromatic rings. The van der Waals surface area contributed by atoms with Crippen LogP contribution >= 0.6 is 0 Å². The van der Waals surface area contributed by atoms with Gasteiger partial charge in [-0.25, -0.2) is 0 Å². The Kier molecular flexibility index (Phi) is 2.60. The van der Waals surface area contributed by atoms with Crippen LogP contribution in [0.3, 0.4) is 0 Å². The summed E-state index contributed by atoms with van der Waals surface area (Å²) in [5, 5.41) is 7.38. The third-order valence-corrected chi connectivity index (χ3v) is 1.23. The van der Waals surface area contributed by atoms with E-state index < -0.39 is 0 Å². The van der Waals surface area contributed by atoms with Gasteiger partial charge < -0.3 is 4.74 Å². The molecule has 0 bridgehead atoms. The van der Waals surface area contributed by atoms with E-state index in [-0.39, 0.29) is 5.90 Å². The summed E-state index contributed by atoms with van der Waals surface area (Å²) in [7, 11) is 0. The average molecular weight is 150 g/mol. The van der Waals surface area contributed by atoms with Crippen LogP contribution in [0.2, 0.25) is 0 Å². The van der Waals surface area contributed by atoms with E-state index in [1.807, 2.05) is 6.92 Å². The predicted molar refractivity (Wildman–Crippen MR) is 42.7 cm³/mol. The molecular formula is C8H10N2O. The third kappa shape index (κ3) is 2.04. The molecule has 0 aromatic carbocycles. The van der Waals surface area contributed by atoms with Crippen LogP contribution < -0.4 is 0 Å². The first-order valence-electron chi connectivity index (χ1n) is 3.46. The molecule has 0 amide bonds. The van der Waals surface area contributed by atoms with Crippen LogP contribution in [-0.4, -0.2) is 17.5 Å². The smallest absolute Gasteiger partial charge is 0.213 e. The standard InChI is InChI=1S/C8H10N2O/c1-2-11-8(9)7-3-5-10-6-4-7/h3-6,9H,2H2,1H3. The minimum absolute atomic E-state index is 0.204. The number of hydrogen-bond donors (Lipinski definition) is 1. The van der Waals surface area contributed by atoms with Crippen LogP contribution in [0, 0.1) is 5.41 Å². The summed E-state index contributed by atoms with van der Waals surface area (Å²) in [5.41, 5.74) is 0.766. The molecule has 0 unspecified atom stereocenters. The lowest BCUT2D eigenvalue weighted by Crippen LogP contribution is -2.03. The van der Waals surface area contributed by atoms with Gasteiger partial charge in [0.2, 0.25) is 5.90 Å². The van der Waals surface area contributed by atoms with Gasteiger partial charge in [-0.05, 0) is 19.1 Å². The lowest BCUT2D eigenvalue weighted by Gasteiger charge is -2.02. The van der Waals surface area contributed by atoms with Gasteiger partial charge in [-0.1, -0.05) is 0 Å². The highest BCUT2D eigenvalue weighted by Crippen LogP contribution is 1.97. The predicted octanol–water partition coefficient (Wildman–Crippen LogP) is 1.44. The van der Waals surface area contributed by atoms with Crippen molar-refractivity contribution in [2.75, 3.05) is 6.61 Å². The van der Waals surface area contributed by atoms with E-state index in [0.29, 0.717) is 6.61 Å². The van der Waals surface area contributed by atoms with Crippen molar-refractivity contribution in [2.24, 2.45) is 0 Å². The van der Waals surface area contributed by atoms with Gasteiger partial charge in [0.05, 0.1) is 6.61 Å². The van der Waals surface area contributed by atoms with Crippen molar-refractivity contribution in [3.05, 3.63) is 30.1 Å². The van der Waals surface area contributed by atoms with E-state index >= 15 is 0 Å². The fourth-order valence-corrected chi connectivity index (χ4v) is 0.731. The van der Waals surface area contributed by atoms with Crippen LogP contribution in [0.1, 0.15) is 12.5 Å². The number of rotatable bonds is 2. The molecule has 1 aromatic heterocycles. The van der Waals surface area contributed by atoms with E-state index in [1.165, 1.54) is 0 Å². The van der Waals surface area contributed by atoms with Crippen LogP contribution in [0.5, 0.6) is 0 Å². The van der Waals surface area contributed by atoms with Gasteiger partial charge in [0, 0.05) is 18.0 Å². The van der Waals surface area contributed by atoms with Crippen LogP contribution in [0.15, 0.2) is 24.5 Å². The Hall–Kier alpha value is -1.38. The maximum absolute atomic E-state index is 7.38. The van der Waals surface area contributed by atoms with Gasteiger partial charge in [-0.3, -0.25) is 10.4 Å². The van der Waals surface area contributed by atoms with Gasteiger partial charge in [-0.15, -0.1) is 0 Å². The van der Waals surface area contributed by atoms with Crippen LogP contribution in [0.25, 0.3) is 0 Å². The highest BCUT2D eigenvalue weighted by Gasteiger charge is 1.98. The third-order valence-electron chi connectivity index (χ3n) is 1.23. The maximum Gasteiger partial charge on any atom is 0.213 e. The van der Waals surface area contributed by atoms with Crippen LogP contribution in [0.4, 0.5) is 0 Å². The molecule has 0 spiro atoms. The number of aromatic nitrogens is 1. The van der Waals surface area contributed by atoms with Crippen molar-refractivity contribution in [1.29, 1.82) is 5.41 Å². The van der Waals surface area contributed by atoms with Gasteiger partial charge in [0.15, 0.2) is 0 Å². The average Bonchev–Trinajstić information content (AvgIpc) is 2.07. The molecule has 0 aliphatic carbocycles. The van der Waals surface area contributed by atoms with Crippen molar-refractivity contribution >= 4 is 5.90 Å². The first-order valence-corrected chi connectivity index (χ1v) is 3.46. The Labute approximate surface area is 65.5 Å². The number of hydrogen-bond acceptors (Lipinski definition) is 3. The largest absolute Gasteiger partial charge is 0.478 e. The molecule has 0 aliphatic heterocycles. The molecule has 0 radical (unpaired) electrons. The van der Waals surface area contributed by atoms with E-state index in [9.17, 15) is 0 Å². The second-order valence-corrected chi connectivity index (χ2v) is 2.00. The molecule has 1 rings (SSSR count). The SMILES string of the molecule is CCOC(=N)c1ccncc1. The molecule has 0 saturated heterocycles. The quantitative estimate of drug-likeness (QED) is 0.512. The second-order valence-electron chi connectivity index (χ2n) is 2.00. The fourth-order valence-electron chi connectivity index (χ4n) is 0.731. The van der Waals surface area contributed by atoms with Crippen molar-refractivity contribution in [1.82, 2.24) is 4.98 Å². The Morgan fingerprint density at radius 1 is 1.55 bits per heavy atom. The maximum atomic E-state index is 7.38. The van der Waals surface area contributed by atoms with E-state index in [0.717, 1.165) is 5.56 Å². The zero-order chi connectivity index (χ0) is 8.10. The first-order chi connectivity index (χ1) is 5.34. The summed E-state index contributed by atoms with van der Waals surface area (Å²) in [6.45, 7) is 2.39. The van der Waals surface area contributed by atoms with Crippen molar-refractivity contribution in [3.63, 3.8) is 0 Å². The summed E-state index contributed by atoms with van der Waals surface area (Å²) < 4.78 is 4.98. The first kappa shape index (κ1) is 7.72. The molecule has 0 atom stereocenters. The summed E-state index contributed by atoms with van der Waals surface area (Å²) >= 11 is 0. The van der Waals surface area contributed by atoms with Gasteiger partial charge in [0.1, 0.15) is 0 Å². The van der Waals surface area contributed by atoms with E-state index in [1.54, 1.807) is 24.5 Å². The number of nitrogens with one attached hydrogen (secondary N) is 1. The lowest BCUT2D eigenvalue weighted by molar-refractivity contribution is 0.325. The molecule has 0 aliphatic rings. The van der Waals surface area contributed by atoms with Crippen molar-refractivity contribution < 1.29 is 4.74 Å². The zero-order valence-corrected chi connectivity index (χ0v) is 6.37. The minimum Gasteiger partial charge on any atom is -0.478 e. The summed E-state index contributed by atoms with van der Waals surface area (Å²) in [4.78, 5) is 3.84. The number of pyridine rings is 1. The molecule has 3 nitrogen and oxygen atoms in total. The molecule has 0 saturated carbocycles. The van der Waals surface area contributed by atoms with E-state index in [4.69, 9.17) is 10.1 Å². The van der Waals surface area contributed by atoms with Gasteiger partial charge >= 0.3 is 0 Å². The number of ether oxygens (including phenoxy) is 1. The van der Waals surface area contributed by atoms with Crippen LogP contribution in [-0.2, 0) is 4.74 Å². The second kappa shape index (κ2) is 3.71. The monoisotopic (exact) mass is 150 g/mol. The summed E-state index contributed by atoms with van der Waals surface area (Å²) in [6, 6.07) is 3.50. The zero-order valence-electron chi connectivity index (χ0n) is 6.37. The van der Waals surface area contributed by atoms with Crippen molar-refractivity contribution in [2.45, 2.75) is 6.92 Å². The molecule has 3 heteroatoms. The van der Waals surface area contributed by atoms with E-state index in [2.05, 4.69) is 4.98 Å². The topological polar surface area (TPSA) is 46.0 Å². The lowest BCUT2D eigenvalue weighted by atomic mass is 10.3. The Bertz CT molecular complexity index is 233. The minimum atomic E-state index is 0.204. The summed E-state index contributed by atoms with van der Waals surface area (Å²) in [6.07, 6.45) is 3.28. The van der Waals surface area contributed by atoms with Gasteiger partial charge in [-0.2, -0.15) is 0 Å². The molecule has 58 valence electrons. The molecule has 1 N–H and O–H groups in total.